The van der Waals surface area contributed by atoms with E-state index in [0.717, 1.165) is 64.0 Å². The van der Waals surface area contributed by atoms with Crippen LogP contribution in [0.3, 0.4) is 0 Å². The largest absolute Gasteiger partial charge is 0.339 e. The molecule has 2 aromatic carbocycles. The van der Waals surface area contributed by atoms with Gasteiger partial charge in [-0.05, 0) is 68.7 Å². The first-order valence-corrected chi connectivity index (χ1v) is 14.1. The average Bonchev–Trinajstić information content (AvgIpc) is 3.09. The molecule has 0 N–H and O–H groups in total. The van der Waals surface area contributed by atoms with Crippen molar-refractivity contribution in [3.8, 4) is 0 Å². The number of hydrogen-bond acceptors (Lipinski definition) is 3. The number of nitrogens with zero attached hydrogens (tertiary/aromatic N) is 3. The first-order chi connectivity index (χ1) is 17.5. The number of benzene rings is 2. The Hall–Kier alpha value is -2.43. The van der Waals surface area contributed by atoms with Gasteiger partial charge in [0.2, 0.25) is 0 Å². The maximum atomic E-state index is 13.1. The molecule has 1 amide bonds. The fourth-order valence-electron chi connectivity index (χ4n) is 6.27. The summed E-state index contributed by atoms with van der Waals surface area (Å²) in [7, 11) is 0. The molecule has 3 unspecified atom stereocenters. The highest BCUT2D eigenvalue weighted by Crippen LogP contribution is 2.33. The lowest BCUT2D eigenvalue weighted by atomic mass is 9.94. The molecule has 2 fully saturated rings. The van der Waals surface area contributed by atoms with E-state index in [9.17, 15) is 4.79 Å². The van der Waals surface area contributed by atoms with E-state index in [2.05, 4.69) is 91.8 Å². The van der Waals surface area contributed by atoms with Gasteiger partial charge in [0.1, 0.15) is 0 Å². The second-order valence-electron chi connectivity index (χ2n) is 10.7. The smallest absolute Gasteiger partial charge is 0.253 e. The van der Waals surface area contributed by atoms with Crippen LogP contribution >= 0.6 is 0 Å². The monoisotopic (exact) mass is 487 g/mol. The highest BCUT2D eigenvalue weighted by Gasteiger charge is 2.33. The van der Waals surface area contributed by atoms with E-state index in [-0.39, 0.29) is 11.9 Å². The van der Waals surface area contributed by atoms with Crippen molar-refractivity contribution in [2.45, 2.75) is 77.4 Å². The minimum Gasteiger partial charge on any atom is -0.339 e. The third-order valence-electron chi connectivity index (χ3n) is 8.25. The molecule has 4 nitrogen and oxygen atoms in total. The van der Waals surface area contributed by atoms with Crippen molar-refractivity contribution in [3.05, 3.63) is 83.4 Å². The summed E-state index contributed by atoms with van der Waals surface area (Å²) in [6.07, 6.45) is 9.00. The van der Waals surface area contributed by atoms with Crippen LogP contribution in [-0.4, -0.2) is 65.4 Å². The van der Waals surface area contributed by atoms with Crippen LogP contribution in [0, 0.1) is 6.92 Å². The predicted molar refractivity (Wildman–Crippen MR) is 150 cm³/mol. The number of carbonyl (C=O) groups is 1. The third kappa shape index (κ3) is 6.10. The maximum Gasteiger partial charge on any atom is 0.253 e. The van der Waals surface area contributed by atoms with E-state index in [1.165, 1.54) is 29.5 Å². The van der Waals surface area contributed by atoms with Gasteiger partial charge < -0.3 is 4.90 Å². The van der Waals surface area contributed by atoms with E-state index in [0.29, 0.717) is 12.1 Å². The summed E-state index contributed by atoms with van der Waals surface area (Å²) < 4.78 is 0. The number of likely N-dealkylation sites (tertiary alicyclic amines) is 1. The van der Waals surface area contributed by atoms with Crippen LogP contribution in [0.4, 0.5) is 0 Å². The molecular formula is C32H45N3O. The van der Waals surface area contributed by atoms with Crippen LogP contribution < -0.4 is 0 Å². The SMILES string of the molecule is C=CCN1C(CC)CCN(C(c2ccc(C(=O)N3CCCCC3)cc2)c2cccc(C)c2)CC1CC. The summed E-state index contributed by atoms with van der Waals surface area (Å²) in [4.78, 5) is 20.5. The van der Waals surface area contributed by atoms with Crippen LogP contribution in [0.2, 0.25) is 0 Å². The Bertz CT molecular complexity index is 995. The van der Waals surface area contributed by atoms with Crippen LogP contribution in [-0.2, 0) is 0 Å². The maximum absolute atomic E-state index is 13.1. The number of rotatable bonds is 8. The Morgan fingerprint density at radius 3 is 2.33 bits per heavy atom. The second kappa shape index (κ2) is 12.7. The van der Waals surface area contributed by atoms with Crippen LogP contribution in [0.15, 0.2) is 61.2 Å². The van der Waals surface area contributed by atoms with Crippen molar-refractivity contribution in [2.24, 2.45) is 0 Å². The fraction of sp³-hybridized carbons (Fsp3) is 0.531. The van der Waals surface area contributed by atoms with Gasteiger partial charge in [-0.3, -0.25) is 14.6 Å². The number of piperidine rings is 1. The highest BCUT2D eigenvalue weighted by molar-refractivity contribution is 5.94. The molecule has 0 spiro atoms. The first-order valence-electron chi connectivity index (χ1n) is 14.1. The van der Waals surface area contributed by atoms with Gasteiger partial charge in [-0.15, -0.1) is 6.58 Å². The lowest BCUT2D eigenvalue weighted by molar-refractivity contribution is 0.0724. The molecule has 0 aromatic heterocycles. The summed E-state index contributed by atoms with van der Waals surface area (Å²) in [5.41, 5.74) is 4.71. The molecule has 2 aliphatic rings. The van der Waals surface area contributed by atoms with E-state index in [1.54, 1.807) is 0 Å². The number of amides is 1. The standard InChI is InChI=1S/C32H45N3O/c1-5-19-35-29(6-2)18-22-34(24-30(35)7-3)31(28-13-11-12-25(4)23-28)26-14-16-27(17-15-26)32(36)33-20-9-8-10-21-33/h5,11-17,23,29-31H,1,6-10,18-22,24H2,2-4H3. The van der Waals surface area contributed by atoms with Gasteiger partial charge in [0.15, 0.2) is 0 Å². The number of carbonyl (C=O) groups excluding carboxylic acids is 1. The van der Waals surface area contributed by atoms with Gasteiger partial charge >= 0.3 is 0 Å². The Balaban J connectivity index is 1.65. The molecule has 3 atom stereocenters. The Kier molecular flexibility index (Phi) is 9.39. The zero-order chi connectivity index (χ0) is 25.5. The van der Waals surface area contributed by atoms with E-state index in [4.69, 9.17) is 0 Å². The normalized spacial score (nSPS) is 22.7. The van der Waals surface area contributed by atoms with Crippen molar-refractivity contribution in [2.75, 3.05) is 32.7 Å². The van der Waals surface area contributed by atoms with E-state index >= 15 is 0 Å². The fourth-order valence-corrected chi connectivity index (χ4v) is 6.27. The zero-order valence-corrected chi connectivity index (χ0v) is 22.7. The molecule has 4 rings (SSSR count). The minimum atomic E-state index is 0.180. The first kappa shape index (κ1) is 26.6. The van der Waals surface area contributed by atoms with Crippen LogP contribution in [0.25, 0.3) is 0 Å². The van der Waals surface area contributed by atoms with E-state index in [1.807, 2.05) is 4.90 Å². The van der Waals surface area contributed by atoms with Crippen LogP contribution in [0.1, 0.15) is 85.5 Å². The second-order valence-corrected chi connectivity index (χ2v) is 10.7. The molecule has 2 saturated heterocycles. The Morgan fingerprint density at radius 2 is 1.69 bits per heavy atom. The van der Waals surface area contributed by atoms with Gasteiger partial charge in [0.05, 0.1) is 6.04 Å². The highest BCUT2D eigenvalue weighted by atomic mass is 16.2. The molecule has 36 heavy (non-hydrogen) atoms. The predicted octanol–water partition coefficient (Wildman–Crippen LogP) is 6.46. The van der Waals surface area contributed by atoms with Crippen molar-refractivity contribution in [3.63, 3.8) is 0 Å². The lowest BCUT2D eigenvalue weighted by Crippen LogP contribution is -2.45. The molecule has 0 bridgehead atoms. The molecule has 194 valence electrons. The quantitative estimate of drug-likeness (QED) is 0.400. The van der Waals surface area contributed by atoms with Gasteiger partial charge in [0, 0.05) is 50.4 Å². The Morgan fingerprint density at radius 1 is 0.972 bits per heavy atom. The molecule has 2 aromatic rings. The number of aryl methyl sites for hydroxylation is 1. The van der Waals surface area contributed by atoms with Gasteiger partial charge in [-0.25, -0.2) is 0 Å². The van der Waals surface area contributed by atoms with Gasteiger partial charge in [0.25, 0.3) is 5.91 Å². The Labute approximate surface area is 219 Å². The topological polar surface area (TPSA) is 26.8 Å². The third-order valence-corrected chi connectivity index (χ3v) is 8.25. The molecule has 2 heterocycles. The average molecular weight is 488 g/mol. The summed E-state index contributed by atoms with van der Waals surface area (Å²) >= 11 is 0. The van der Waals surface area contributed by atoms with Crippen molar-refractivity contribution < 1.29 is 4.79 Å². The molecule has 0 radical (unpaired) electrons. The summed E-state index contributed by atoms with van der Waals surface area (Å²) in [6, 6.07) is 18.8. The molecule has 4 heteroatoms. The molecular weight excluding hydrogens is 442 g/mol. The summed E-state index contributed by atoms with van der Waals surface area (Å²) in [6.45, 7) is 15.7. The van der Waals surface area contributed by atoms with Crippen LogP contribution in [0.5, 0.6) is 0 Å². The number of hydrogen-bond donors (Lipinski definition) is 0. The zero-order valence-electron chi connectivity index (χ0n) is 22.7. The van der Waals surface area contributed by atoms with E-state index < -0.39 is 0 Å². The minimum absolute atomic E-state index is 0.180. The van der Waals surface area contributed by atoms with Crippen molar-refractivity contribution >= 4 is 5.91 Å². The van der Waals surface area contributed by atoms with Crippen molar-refractivity contribution in [1.29, 1.82) is 0 Å². The summed E-state index contributed by atoms with van der Waals surface area (Å²) in [5.74, 6) is 0.181. The summed E-state index contributed by atoms with van der Waals surface area (Å²) in [5, 5.41) is 0. The molecule has 0 saturated carbocycles. The lowest BCUT2D eigenvalue weighted by Gasteiger charge is -2.37. The van der Waals surface area contributed by atoms with Crippen molar-refractivity contribution in [1.82, 2.24) is 14.7 Å². The molecule has 2 aliphatic heterocycles. The molecule has 0 aliphatic carbocycles. The van der Waals surface area contributed by atoms with Gasteiger partial charge in [-0.1, -0.05) is 61.9 Å². The van der Waals surface area contributed by atoms with Gasteiger partial charge in [-0.2, -0.15) is 0 Å².